The zero-order valence-corrected chi connectivity index (χ0v) is 24.0. The second-order valence-corrected chi connectivity index (χ2v) is 11.9. The maximum absolute atomic E-state index is 13.2. The average Bonchev–Trinajstić information content (AvgIpc) is 3.63. The number of fused-ring (bicyclic) bond motifs is 1. The van der Waals surface area contributed by atoms with Crippen molar-refractivity contribution in [3.05, 3.63) is 89.6 Å². The second kappa shape index (κ2) is 13.2. The monoisotopic (exact) mass is 576 g/mol. The predicted molar refractivity (Wildman–Crippen MR) is 158 cm³/mol. The topological polar surface area (TPSA) is 133 Å². The summed E-state index contributed by atoms with van der Waals surface area (Å²) in [6.45, 7) is 3.93. The van der Waals surface area contributed by atoms with E-state index in [9.17, 15) is 13.5 Å². The van der Waals surface area contributed by atoms with Crippen LogP contribution in [0.15, 0.2) is 76.4 Å². The molecule has 216 valence electrons. The number of rotatable bonds is 14. The molecule has 3 heterocycles. The fraction of sp³-hybridized carbons (Fsp3) is 0.367. The number of aliphatic hydroxyl groups excluding tert-OH is 1. The van der Waals surface area contributed by atoms with Gasteiger partial charge < -0.3 is 19.8 Å². The average molecular weight is 577 g/mol. The van der Waals surface area contributed by atoms with Gasteiger partial charge in [0.25, 0.3) is 16.0 Å². The zero-order chi connectivity index (χ0) is 28.7. The van der Waals surface area contributed by atoms with Crippen molar-refractivity contribution in [1.29, 1.82) is 0 Å². The molecule has 0 radical (unpaired) electrons. The third-order valence-corrected chi connectivity index (χ3v) is 8.53. The molecule has 1 aliphatic heterocycles. The Kier molecular flexibility index (Phi) is 9.28. The number of anilines is 3. The normalized spacial score (nSPS) is 13.8. The van der Waals surface area contributed by atoms with Crippen LogP contribution in [0.2, 0.25) is 0 Å². The molecule has 2 aromatic carbocycles. The van der Waals surface area contributed by atoms with Crippen LogP contribution in [0.5, 0.6) is 0 Å². The summed E-state index contributed by atoms with van der Waals surface area (Å²) in [4.78, 5) is 10.8. The number of unbranched alkanes of at least 4 members (excludes halogenated alkanes) is 2. The van der Waals surface area contributed by atoms with Crippen LogP contribution in [0.3, 0.4) is 0 Å². The third kappa shape index (κ3) is 7.29. The van der Waals surface area contributed by atoms with E-state index in [4.69, 9.17) is 4.52 Å². The molecule has 0 fully saturated rings. The van der Waals surface area contributed by atoms with Crippen LogP contribution in [0.1, 0.15) is 54.9 Å². The Morgan fingerprint density at radius 3 is 2.73 bits per heavy atom. The van der Waals surface area contributed by atoms with Crippen molar-refractivity contribution >= 4 is 27.3 Å². The number of benzene rings is 2. The van der Waals surface area contributed by atoms with Gasteiger partial charge in [0.2, 0.25) is 5.89 Å². The molecule has 4 aromatic rings. The molecular formula is C30H36N6O4S. The molecule has 0 spiro atoms. The minimum atomic E-state index is -3.76. The predicted octanol–water partition coefficient (Wildman–Crippen LogP) is 4.56. The van der Waals surface area contributed by atoms with Gasteiger partial charge in [-0.3, -0.25) is 9.71 Å². The number of aromatic nitrogens is 3. The highest BCUT2D eigenvalue weighted by Gasteiger charge is 2.26. The first-order chi connectivity index (χ1) is 19.9. The summed E-state index contributed by atoms with van der Waals surface area (Å²) in [6.07, 6.45) is 8.19. The van der Waals surface area contributed by atoms with Gasteiger partial charge in [-0.15, -0.1) is 0 Å². The molecule has 0 bridgehead atoms. The number of aryl methyl sites for hydroxylation is 1. The molecule has 1 unspecified atom stereocenters. The van der Waals surface area contributed by atoms with Gasteiger partial charge in [0, 0.05) is 48.8 Å². The fourth-order valence-electron chi connectivity index (χ4n) is 4.85. The summed E-state index contributed by atoms with van der Waals surface area (Å²) in [5, 5.41) is 17.6. The van der Waals surface area contributed by atoms with Crippen LogP contribution in [-0.2, 0) is 29.3 Å². The van der Waals surface area contributed by atoms with Crippen LogP contribution >= 0.6 is 0 Å². The van der Waals surface area contributed by atoms with Crippen molar-refractivity contribution in [2.75, 3.05) is 29.3 Å². The van der Waals surface area contributed by atoms with Gasteiger partial charge in [0.05, 0.1) is 11.0 Å². The van der Waals surface area contributed by atoms with E-state index in [1.807, 2.05) is 29.2 Å². The molecule has 2 aromatic heterocycles. The summed E-state index contributed by atoms with van der Waals surface area (Å²) in [7, 11) is -3.76. The lowest BCUT2D eigenvalue weighted by molar-refractivity contribution is 0.174. The Balaban J connectivity index is 1.14. The molecule has 3 N–H and O–H groups in total. The van der Waals surface area contributed by atoms with Crippen LogP contribution in [0.25, 0.3) is 0 Å². The molecule has 5 rings (SSSR count). The van der Waals surface area contributed by atoms with E-state index < -0.39 is 16.1 Å². The van der Waals surface area contributed by atoms with E-state index in [1.165, 1.54) is 0 Å². The smallest absolute Gasteiger partial charge is 0.270 e. The maximum atomic E-state index is 13.2. The fourth-order valence-corrected chi connectivity index (χ4v) is 5.96. The highest BCUT2D eigenvalue weighted by atomic mass is 32.2. The zero-order valence-electron chi connectivity index (χ0n) is 23.2. The highest BCUT2D eigenvalue weighted by Crippen LogP contribution is 2.35. The van der Waals surface area contributed by atoms with Gasteiger partial charge in [-0.05, 0) is 78.5 Å². The van der Waals surface area contributed by atoms with Gasteiger partial charge in [-0.25, -0.2) is 8.42 Å². The Hall–Kier alpha value is -3.80. The van der Waals surface area contributed by atoms with Crippen molar-refractivity contribution in [3.8, 4) is 0 Å². The number of hydrogen-bond acceptors (Lipinski definition) is 9. The largest absolute Gasteiger partial charge is 0.387 e. The second-order valence-electron chi connectivity index (χ2n) is 10.2. The lowest BCUT2D eigenvalue weighted by Crippen LogP contribution is -2.23. The Morgan fingerprint density at radius 1 is 1.10 bits per heavy atom. The van der Waals surface area contributed by atoms with Crippen molar-refractivity contribution < 1.29 is 18.0 Å². The summed E-state index contributed by atoms with van der Waals surface area (Å²) >= 11 is 0. The van der Waals surface area contributed by atoms with E-state index in [0.717, 1.165) is 54.5 Å². The first-order valence-electron chi connectivity index (χ1n) is 14.1. The van der Waals surface area contributed by atoms with Crippen molar-refractivity contribution in [3.63, 3.8) is 0 Å². The number of aliphatic hydroxyl groups is 1. The number of nitrogens with one attached hydrogen (secondary N) is 2. The van der Waals surface area contributed by atoms with Crippen LogP contribution in [-0.4, -0.2) is 48.3 Å². The molecule has 1 aliphatic rings. The van der Waals surface area contributed by atoms with Crippen LogP contribution < -0.4 is 14.9 Å². The maximum Gasteiger partial charge on any atom is 0.270 e. The van der Waals surface area contributed by atoms with E-state index in [0.29, 0.717) is 43.6 Å². The molecule has 0 saturated carbocycles. The van der Waals surface area contributed by atoms with Gasteiger partial charge in [0.15, 0.2) is 0 Å². The lowest BCUT2D eigenvalue weighted by atomic mass is 10.1. The molecule has 11 heteroatoms. The van der Waals surface area contributed by atoms with Gasteiger partial charge in [0.1, 0.15) is 0 Å². The third-order valence-electron chi connectivity index (χ3n) is 7.15. The lowest BCUT2D eigenvalue weighted by Gasteiger charge is -2.15. The minimum absolute atomic E-state index is 0.215. The number of nitrogens with zero attached hydrogens (tertiary/aromatic N) is 4. The van der Waals surface area contributed by atoms with Crippen molar-refractivity contribution in [2.45, 2.75) is 56.4 Å². The van der Waals surface area contributed by atoms with Gasteiger partial charge >= 0.3 is 0 Å². The van der Waals surface area contributed by atoms with Crippen LogP contribution in [0.4, 0.5) is 17.3 Å². The standard InChI is InChI=1S/C30H36N6O4S/c1-2-3-4-7-29-33-30(34-40-29)36-18-15-23-19-26(12-13-27(23)36)41(38,39)35-25-10-8-22(9-11-25)14-17-32-21-28(37)24-6-5-16-31-20-24/h5-6,8-13,16,19-20,28,32,35,37H,2-4,7,14-15,17-18,21H2,1H3. The molecule has 0 amide bonds. The van der Waals surface area contributed by atoms with E-state index in [1.54, 1.807) is 42.7 Å². The Morgan fingerprint density at radius 2 is 1.95 bits per heavy atom. The van der Waals surface area contributed by atoms with Gasteiger partial charge in [-0.2, -0.15) is 4.98 Å². The number of hydrogen-bond donors (Lipinski definition) is 3. The SMILES string of the molecule is CCCCCc1nc(N2CCc3cc(S(=O)(=O)Nc4ccc(CCNCC(O)c5cccnc5)cc4)ccc32)no1. The summed E-state index contributed by atoms with van der Waals surface area (Å²) in [6, 6.07) is 16.1. The molecular weight excluding hydrogens is 540 g/mol. The number of pyridine rings is 1. The summed E-state index contributed by atoms with van der Waals surface area (Å²) in [5.41, 5.74) is 4.16. The highest BCUT2D eigenvalue weighted by molar-refractivity contribution is 7.92. The molecule has 1 atom stereocenters. The first kappa shape index (κ1) is 28.7. The Bertz CT molecular complexity index is 1530. The van der Waals surface area contributed by atoms with E-state index in [2.05, 4.69) is 32.1 Å². The molecule has 0 aliphatic carbocycles. The summed E-state index contributed by atoms with van der Waals surface area (Å²) < 4.78 is 34.4. The Labute approximate surface area is 240 Å². The molecule has 0 saturated heterocycles. The quantitative estimate of drug-likeness (QED) is 0.185. The van der Waals surface area contributed by atoms with Gasteiger partial charge in [-0.1, -0.05) is 38.0 Å². The van der Waals surface area contributed by atoms with E-state index >= 15 is 0 Å². The minimum Gasteiger partial charge on any atom is -0.387 e. The van der Waals surface area contributed by atoms with E-state index in [-0.39, 0.29) is 4.90 Å². The first-order valence-corrected chi connectivity index (χ1v) is 15.5. The summed E-state index contributed by atoms with van der Waals surface area (Å²) in [5.74, 6) is 1.15. The van der Waals surface area contributed by atoms with Crippen molar-refractivity contribution in [2.24, 2.45) is 0 Å². The molecule has 10 nitrogen and oxygen atoms in total. The molecule has 41 heavy (non-hydrogen) atoms. The van der Waals surface area contributed by atoms with Crippen LogP contribution in [0, 0.1) is 0 Å². The van der Waals surface area contributed by atoms with Crippen molar-refractivity contribution in [1.82, 2.24) is 20.4 Å². The number of sulfonamides is 1.